The van der Waals surface area contributed by atoms with Gasteiger partial charge in [-0.3, -0.25) is 4.79 Å². The van der Waals surface area contributed by atoms with E-state index in [9.17, 15) is 9.18 Å². The van der Waals surface area contributed by atoms with Gasteiger partial charge in [-0.05, 0) is 49.1 Å². The average Bonchev–Trinajstić information content (AvgIpc) is 3.20. The van der Waals surface area contributed by atoms with Crippen molar-refractivity contribution in [3.63, 3.8) is 0 Å². The number of hydrogen-bond acceptors (Lipinski definition) is 3. The largest absolute Gasteiger partial charge is 0.471 e. The smallest absolute Gasteiger partial charge is 0.271 e. The molecule has 0 spiro atoms. The van der Waals surface area contributed by atoms with Crippen molar-refractivity contribution in [1.82, 2.24) is 15.1 Å². The molecule has 1 N–H and O–H groups in total. The summed E-state index contributed by atoms with van der Waals surface area (Å²) in [4.78, 5) is 11.8. The molecule has 5 nitrogen and oxygen atoms in total. The van der Waals surface area contributed by atoms with Gasteiger partial charge in [0.25, 0.3) is 5.91 Å². The van der Waals surface area contributed by atoms with Gasteiger partial charge in [-0.25, -0.2) is 9.07 Å². The number of carbonyl (C=O) groups is 1. The number of ether oxygens (including phenoxy) is 1. The van der Waals surface area contributed by atoms with Crippen LogP contribution in [0.15, 0.2) is 36.5 Å². The van der Waals surface area contributed by atoms with E-state index < -0.39 is 0 Å². The summed E-state index contributed by atoms with van der Waals surface area (Å²) in [5.74, 6) is 0.711. The third-order valence-corrected chi connectivity index (χ3v) is 3.30. The van der Waals surface area contributed by atoms with Crippen LogP contribution in [-0.2, 0) is 6.73 Å². The lowest BCUT2D eigenvalue weighted by Gasteiger charge is -2.05. The number of rotatable bonds is 6. The van der Waals surface area contributed by atoms with Gasteiger partial charge in [0.1, 0.15) is 17.3 Å². The first-order valence-electron chi connectivity index (χ1n) is 6.91. The predicted molar refractivity (Wildman–Crippen MR) is 74.3 cm³/mol. The van der Waals surface area contributed by atoms with Crippen molar-refractivity contribution in [3.8, 4) is 5.75 Å². The molecule has 1 amide bonds. The molecule has 1 heterocycles. The number of halogens is 1. The van der Waals surface area contributed by atoms with Crippen LogP contribution in [0.4, 0.5) is 4.39 Å². The second kappa shape index (κ2) is 5.95. The molecule has 0 atom stereocenters. The molecule has 0 aliphatic heterocycles. The highest BCUT2D eigenvalue weighted by Crippen LogP contribution is 2.27. The van der Waals surface area contributed by atoms with Gasteiger partial charge in [0.2, 0.25) is 0 Å². The van der Waals surface area contributed by atoms with Gasteiger partial charge in [-0.15, -0.1) is 0 Å². The molecule has 1 aliphatic rings. The van der Waals surface area contributed by atoms with Crippen molar-refractivity contribution in [2.75, 3.05) is 6.54 Å². The first-order valence-corrected chi connectivity index (χ1v) is 6.91. The summed E-state index contributed by atoms with van der Waals surface area (Å²) < 4.78 is 19.7. The lowest BCUT2D eigenvalue weighted by atomic mass is 10.3. The summed E-state index contributed by atoms with van der Waals surface area (Å²) in [6.07, 6.45) is 4.07. The fourth-order valence-corrected chi connectivity index (χ4v) is 1.88. The molecule has 3 rings (SSSR count). The third-order valence-electron chi connectivity index (χ3n) is 3.30. The zero-order valence-electron chi connectivity index (χ0n) is 11.5. The summed E-state index contributed by atoms with van der Waals surface area (Å²) >= 11 is 0. The first kappa shape index (κ1) is 13.6. The topological polar surface area (TPSA) is 56.2 Å². The normalized spacial score (nSPS) is 14.0. The Labute approximate surface area is 121 Å². The molecule has 1 aromatic carbocycles. The zero-order valence-corrected chi connectivity index (χ0v) is 11.5. The summed E-state index contributed by atoms with van der Waals surface area (Å²) in [7, 11) is 0. The number of nitrogens with zero attached hydrogens (tertiary/aromatic N) is 2. The van der Waals surface area contributed by atoms with Crippen molar-refractivity contribution in [2.45, 2.75) is 19.6 Å². The number of benzene rings is 1. The Morgan fingerprint density at radius 2 is 2.10 bits per heavy atom. The molecule has 0 radical (unpaired) electrons. The van der Waals surface area contributed by atoms with E-state index in [1.54, 1.807) is 24.4 Å². The minimum Gasteiger partial charge on any atom is -0.471 e. The molecule has 1 aromatic heterocycles. The first-order chi connectivity index (χ1) is 10.2. The molecule has 1 fully saturated rings. The van der Waals surface area contributed by atoms with Crippen LogP contribution in [0, 0.1) is 11.7 Å². The second-order valence-corrected chi connectivity index (χ2v) is 5.12. The maximum absolute atomic E-state index is 12.8. The van der Waals surface area contributed by atoms with E-state index in [4.69, 9.17) is 4.74 Å². The van der Waals surface area contributed by atoms with Gasteiger partial charge >= 0.3 is 0 Å². The number of aromatic nitrogens is 2. The monoisotopic (exact) mass is 289 g/mol. The van der Waals surface area contributed by atoms with Crippen LogP contribution in [0.3, 0.4) is 0 Å². The summed E-state index contributed by atoms with van der Waals surface area (Å²) in [6.45, 7) is 0.888. The van der Waals surface area contributed by atoms with Gasteiger partial charge < -0.3 is 10.1 Å². The highest BCUT2D eigenvalue weighted by atomic mass is 19.1. The molecule has 21 heavy (non-hydrogen) atoms. The van der Waals surface area contributed by atoms with Crippen LogP contribution in [0.2, 0.25) is 0 Å². The van der Waals surface area contributed by atoms with Crippen LogP contribution < -0.4 is 10.1 Å². The van der Waals surface area contributed by atoms with Gasteiger partial charge in [-0.1, -0.05) is 0 Å². The molecular formula is C15H16FN3O2. The summed E-state index contributed by atoms with van der Waals surface area (Å²) in [5.41, 5.74) is 0.373. The van der Waals surface area contributed by atoms with E-state index >= 15 is 0 Å². The summed E-state index contributed by atoms with van der Waals surface area (Å²) in [6, 6.07) is 7.39. The molecule has 1 saturated carbocycles. The van der Waals surface area contributed by atoms with Crippen LogP contribution >= 0.6 is 0 Å². The Bertz CT molecular complexity index is 620. The molecule has 6 heteroatoms. The van der Waals surface area contributed by atoms with Gasteiger partial charge in [0.15, 0.2) is 6.73 Å². The third kappa shape index (κ3) is 3.81. The van der Waals surface area contributed by atoms with E-state index in [-0.39, 0.29) is 18.5 Å². The fourth-order valence-electron chi connectivity index (χ4n) is 1.88. The molecule has 0 unspecified atom stereocenters. The van der Waals surface area contributed by atoms with E-state index in [0.29, 0.717) is 17.4 Å². The quantitative estimate of drug-likeness (QED) is 0.887. The Kier molecular flexibility index (Phi) is 3.85. The number of amides is 1. The van der Waals surface area contributed by atoms with E-state index in [2.05, 4.69) is 10.4 Å². The Hall–Kier alpha value is -2.37. The van der Waals surface area contributed by atoms with E-state index in [1.807, 2.05) is 0 Å². The highest BCUT2D eigenvalue weighted by Gasteiger charge is 2.22. The van der Waals surface area contributed by atoms with E-state index in [1.165, 1.54) is 29.7 Å². The van der Waals surface area contributed by atoms with Crippen LogP contribution in [0.25, 0.3) is 0 Å². The zero-order chi connectivity index (χ0) is 14.7. The van der Waals surface area contributed by atoms with E-state index in [0.717, 1.165) is 6.54 Å². The number of nitrogens with one attached hydrogen (secondary N) is 1. The molecule has 0 saturated heterocycles. The fraction of sp³-hybridized carbons (Fsp3) is 0.333. The molecule has 0 bridgehead atoms. The van der Waals surface area contributed by atoms with Crippen LogP contribution in [0.1, 0.15) is 23.3 Å². The van der Waals surface area contributed by atoms with Crippen LogP contribution in [0.5, 0.6) is 5.75 Å². The van der Waals surface area contributed by atoms with Crippen molar-refractivity contribution < 1.29 is 13.9 Å². The second-order valence-electron chi connectivity index (χ2n) is 5.12. The minimum atomic E-state index is -0.309. The highest BCUT2D eigenvalue weighted by molar-refractivity contribution is 5.92. The molecular weight excluding hydrogens is 273 g/mol. The average molecular weight is 289 g/mol. The van der Waals surface area contributed by atoms with Gasteiger partial charge in [-0.2, -0.15) is 5.10 Å². The van der Waals surface area contributed by atoms with Crippen molar-refractivity contribution >= 4 is 5.91 Å². The standard InChI is InChI=1S/C15H16FN3O2/c16-12-3-5-13(6-4-12)21-10-19-8-7-14(18-19)15(20)17-9-11-1-2-11/h3-8,11H,1-2,9-10H2,(H,17,20). The van der Waals surface area contributed by atoms with Crippen molar-refractivity contribution in [2.24, 2.45) is 5.92 Å². The SMILES string of the molecule is O=C(NCC1CC1)c1ccn(COc2ccc(F)cc2)n1. The lowest BCUT2D eigenvalue weighted by Crippen LogP contribution is -2.26. The number of hydrogen-bond donors (Lipinski definition) is 1. The molecule has 110 valence electrons. The summed E-state index contributed by atoms with van der Waals surface area (Å²) in [5, 5.41) is 7.00. The van der Waals surface area contributed by atoms with Gasteiger partial charge in [0.05, 0.1) is 0 Å². The predicted octanol–water partition coefficient (Wildman–Crippen LogP) is 2.20. The van der Waals surface area contributed by atoms with Crippen molar-refractivity contribution in [1.29, 1.82) is 0 Å². The maximum atomic E-state index is 12.8. The van der Waals surface area contributed by atoms with Crippen LogP contribution in [-0.4, -0.2) is 22.2 Å². The lowest BCUT2D eigenvalue weighted by molar-refractivity contribution is 0.0944. The van der Waals surface area contributed by atoms with Crippen molar-refractivity contribution in [3.05, 3.63) is 48.0 Å². The maximum Gasteiger partial charge on any atom is 0.271 e. The number of carbonyl (C=O) groups excluding carboxylic acids is 1. The Morgan fingerprint density at radius 1 is 1.33 bits per heavy atom. The van der Waals surface area contributed by atoms with Gasteiger partial charge in [0, 0.05) is 12.7 Å². The minimum absolute atomic E-state index is 0.164. The Balaban J connectivity index is 1.51. The molecule has 2 aromatic rings. The Morgan fingerprint density at radius 3 is 2.81 bits per heavy atom. The molecule has 1 aliphatic carbocycles.